The fourth-order valence-electron chi connectivity index (χ4n) is 2.30. The third-order valence-corrected chi connectivity index (χ3v) is 3.73. The minimum atomic E-state index is -0.672. The molecule has 3 heteroatoms. The van der Waals surface area contributed by atoms with Crippen molar-refractivity contribution < 1.29 is 5.11 Å². The second-order valence-electron chi connectivity index (χ2n) is 5.46. The van der Waals surface area contributed by atoms with Crippen LogP contribution in [0.3, 0.4) is 0 Å². The molecule has 0 spiro atoms. The van der Waals surface area contributed by atoms with Crippen LogP contribution in [-0.4, -0.2) is 35.1 Å². The Morgan fingerprint density at radius 3 is 2.41 bits per heavy atom. The highest BCUT2D eigenvalue weighted by Gasteiger charge is 2.33. The molecular weight excluding hydrogens is 212 g/mol. The second-order valence-corrected chi connectivity index (χ2v) is 5.46. The number of aliphatic hydroxyl groups is 1. The van der Waals surface area contributed by atoms with Gasteiger partial charge in [-0.1, -0.05) is 19.9 Å². The molecule has 0 unspecified atom stereocenters. The zero-order valence-electron chi connectivity index (χ0n) is 11.0. The summed E-state index contributed by atoms with van der Waals surface area (Å²) >= 11 is 0. The summed E-state index contributed by atoms with van der Waals surface area (Å²) in [6, 6.07) is 4.07. The Hall–Kier alpha value is -0.930. The Bertz CT molecular complexity index is 364. The molecule has 1 aromatic rings. The van der Waals surface area contributed by atoms with E-state index in [2.05, 4.69) is 30.8 Å². The van der Waals surface area contributed by atoms with E-state index in [9.17, 15) is 5.11 Å². The van der Waals surface area contributed by atoms with Crippen LogP contribution < -0.4 is 0 Å². The van der Waals surface area contributed by atoms with Gasteiger partial charge in [0.1, 0.15) is 0 Å². The lowest BCUT2D eigenvalue weighted by Crippen LogP contribution is -2.40. The molecule has 1 aliphatic rings. The van der Waals surface area contributed by atoms with Gasteiger partial charge in [0.2, 0.25) is 0 Å². The SMILES string of the molecule is CC(C)c1ccc(C2(O)CCN(C)CC2)cn1. The van der Waals surface area contributed by atoms with Gasteiger partial charge in [-0.25, -0.2) is 0 Å². The van der Waals surface area contributed by atoms with Gasteiger partial charge in [-0.2, -0.15) is 0 Å². The first-order chi connectivity index (χ1) is 8.01. The Morgan fingerprint density at radius 1 is 1.29 bits per heavy atom. The van der Waals surface area contributed by atoms with Gasteiger partial charge in [-0.05, 0) is 31.9 Å². The number of pyridine rings is 1. The van der Waals surface area contributed by atoms with Crippen molar-refractivity contribution in [3.05, 3.63) is 29.6 Å². The summed E-state index contributed by atoms with van der Waals surface area (Å²) < 4.78 is 0. The van der Waals surface area contributed by atoms with Gasteiger partial charge in [0.25, 0.3) is 0 Å². The normalized spacial score (nSPS) is 20.8. The predicted octanol–water partition coefficient (Wildman–Crippen LogP) is 2.12. The highest BCUT2D eigenvalue weighted by atomic mass is 16.3. The third-order valence-electron chi connectivity index (χ3n) is 3.73. The van der Waals surface area contributed by atoms with Gasteiger partial charge in [-0.3, -0.25) is 4.98 Å². The molecule has 17 heavy (non-hydrogen) atoms. The summed E-state index contributed by atoms with van der Waals surface area (Å²) in [5.41, 5.74) is 1.38. The van der Waals surface area contributed by atoms with E-state index in [0.29, 0.717) is 5.92 Å². The van der Waals surface area contributed by atoms with E-state index in [4.69, 9.17) is 0 Å². The molecule has 94 valence electrons. The lowest BCUT2D eigenvalue weighted by atomic mass is 9.85. The van der Waals surface area contributed by atoms with E-state index in [1.54, 1.807) is 0 Å². The van der Waals surface area contributed by atoms with Crippen molar-refractivity contribution >= 4 is 0 Å². The highest BCUT2D eigenvalue weighted by Crippen LogP contribution is 2.32. The molecule has 0 bridgehead atoms. The van der Waals surface area contributed by atoms with E-state index in [1.807, 2.05) is 18.3 Å². The monoisotopic (exact) mass is 234 g/mol. The molecule has 0 saturated carbocycles. The third kappa shape index (κ3) is 2.67. The van der Waals surface area contributed by atoms with E-state index >= 15 is 0 Å². The van der Waals surface area contributed by atoms with Crippen molar-refractivity contribution in [2.75, 3.05) is 20.1 Å². The molecule has 1 fully saturated rings. The fraction of sp³-hybridized carbons (Fsp3) is 0.643. The topological polar surface area (TPSA) is 36.4 Å². The van der Waals surface area contributed by atoms with Crippen LogP contribution in [0, 0.1) is 0 Å². The number of rotatable bonds is 2. The lowest BCUT2D eigenvalue weighted by Gasteiger charge is -2.36. The summed E-state index contributed by atoms with van der Waals surface area (Å²) in [5, 5.41) is 10.6. The highest BCUT2D eigenvalue weighted by molar-refractivity contribution is 5.22. The van der Waals surface area contributed by atoms with Gasteiger partial charge in [-0.15, -0.1) is 0 Å². The number of nitrogens with zero attached hydrogens (tertiary/aromatic N) is 2. The summed E-state index contributed by atoms with van der Waals surface area (Å²) in [5.74, 6) is 0.441. The maximum Gasteiger partial charge on any atom is 0.0935 e. The largest absolute Gasteiger partial charge is 0.385 e. The lowest BCUT2D eigenvalue weighted by molar-refractivity contribution is -0.0206. The maximum absolute atomic E-state index is 10.6. The number of hydrogen-bond acceptors (Lipinski definition) is 3. The molecule has 0 atom stereocenters. The van der Waals surface area contributed by atoms with Crippen LogP contribution in [0.15, 0.2) is 18.3 Å². The molecule has 3 nitrogen and oxygen atoms in total. The van der Waals surface area contributed by atoms with E-state index in [-0.39, 0.29) is 0 Å². The Morgan fingerprint density at radius 2 is 1.94 bits per heavy atom. The average molecular weight is 234 g/mol. The first kappa shape index (κ1) is 12.5. The van der Waals surface area contributed by atoms with Gasteiger partial charge >= 0.3 is 0 Å². The Kier molecular flexibility index (Phi) is 3.50. The number of aromatic nitrogens is 1. The summed E-state index contributed by atoms with van der Waals surface area (Å²) in [6.07, 6.45) is 3.44. The molecule has 0 aromatic carbocycles. The van der Waals surface area contributed by atoms with Gasteiger partial charge in [0, 0.05) is 30.5 Å². The molecule has 2 rings (SSSR count). The van der Waals surface area contributed by atoms with E-state index < -0.39 is 5.60 Å². The smallest absolute Gasteiger partial charge is 0.0935 e. The van der Waals surface area contributed by atoms with Crippen molar-refractivity contribution in [1.82, 2.24) is 9.88 Å². The molecule has 1 N–H and O–H groups in total. The van der Waals surface area contributed by atoms with Crippen molar-refractivity contribution in [2.45, 2.75) is 38.2 Å². The van der Waals surface area contributed by atoms with E-state index in [0.717, 1.165) is 37.2 Å². The molecule has 1 aliphatic heterocycles. The maximum atomic E-state index is 10.6. The quantitative estimate of drug-likeness (QED) is 0.851. The van der Waals surface area contributed by atoms with Crippen LogP contribution in [0.5, 0.6) is 0 Å². The van der Waals surface area contributed by atoms with Crippen LogP contribution in [0.4, 0.5) is 0 Å². The average Bonchev–Trinajstić information content (AvgIpc) is 2.33. The molecule has 1 aromatic heterocycles. The van der Waals surface area contributed by atoms with Gasteiger partial charge < -0.3 is 10.0 Å². The van der Waals surface area contributed by atoms with Crippen LogP contribution in [-0.2, 0) is 5.60 Å². The number of piperidine rings is 1. The summed E-state index contributed by atoms with van der Waals surface area (Å²) in [4.78, 5) is 6.70. The van der Waals surface area contributed by atoms with Crippen molar-refractivity contribution in [3.63, 3.8) is 0 Å². The Balaban J connectivity index is 2.16. The van der Waals surface area contributed by atoms with Crippen LogP contribution in [0.1, 0.15) is 43.9 Å². The van der Waals surface area contributed by atoms with Crippen molar-refractivity contribution in [1.29, 1.82) is 0 Å². The first-order valence-corrected chi connectivity index (χ1v) is 6.38. The fourth-order valence-corrected chi connectivity index (χ4v) is 2.30. The van der Waals surface area contributed by atoms with Crippen LogP contribution >= 0.6 is 0 Å². The minimum absolute atomic E-state index is 0.441. The second kappa shape index (κ2) is 4.75. The van der Waals surface area contributed by atoms with Gasteiger partial charge in [0.05, 0.1) is 5.60 Å². The molecule has 0 aliphatic carbocycles. The number of likely N-dealkylation sites (tertiary alicyclic amines) is 1. The molecule has 0 amide bonds. The molecular formula is C14H22N2O. The predicted molar refractivity (Wildman–Crippen MR) is 69.0 cm³/mol. The zero-order valence-corrected chi connectivity index (χ0v) is 11.0. The van der Waals surface area contributed by atoms with Crippen molar-refractivity contribution in [3.8, 4) is 0 Å². The zero-order chi connectivity index (χ0) is 12.5. The summed E-state index contributed by atoms with van der Waals surface area (Å²) in [6.45, 7) is 6.16. The molecule has 2 heterocycles. The summed E-state index contributed by atoms with van der Waals surface area (Å²) in [7, 11) is 2.10. The van der Waals surface area contributed by atoms with E-state index in [1.165, 1.54) is 0 Å². The van der Waals surface area contributed by atoms with Crippen LogP contribution in [0.25, 0.3) is 0 Å². The first-order valence-electron chi connectivity index (χ1n) is 6.38. The number of hydrogen-bond donors (Lipinski definition) is 1. The Labute approximate surface area is 103 Å². The van der Waals surface area contributed by atoms with Crippen molar-refractivity contribution in [2.24, 2.45) is 0 Å². The minimum Gasteiger partial charge on any atom is -0.385 e. The standard InChI is InChI=1S/C14H22N2O/c1-11(2)13-5-4-12(10-15-13)14(17)6-8-16(3)9-7-14/h4-5,10-11,17H,6-9H2,1-3H3. The molecule has 0 radical (unpaired) electrons. The molecule has 1 saturated heterocycles. The van der Waals surface area contributed by atoms with Gasteiger partial charge in [0.15, 0.2) is 0 Å². The van der Waals surface area contributed by atoms with Crippen LogP contribution in [0.2, 0.25) is 0 Å².